The molecule has 0 spiro atoms. The van der Waals surface area contributed by atoms with Gasteiger partial charge in [-0.05, 0) is 44.3 Å². The van der Waals surface area contributed by atoms with Crippen molar-refractivity contribution >= 4 is 17.6 Å². The van der Waals surface area contributed by atoms with Gasteiger partial charge in [-0.25, -0.2) is 0 Å². The molecule has 0 radical (unpaired) electrons. The number of nitrogen functional groups attached to an aromatic ring is 1. The molecule has 0 fully saturated rings. The quantitative estimate of drug-likeness (QED) is 0.790. The van der Waals surface area contributed by atoms with Crippen LogP contribution < -0.4 is 5.73 Å². The lowest BCUT2D eigenvalue weighted by molar-refractivity contribution is 0.601. The number of nitrogens with two attached hydrogens (primary N) is 1. The average molecular weight is 251 g/mol. The van der Waals surface area contributed by atoms with Crippen molar-refractivity contribution < 1.29 is 0 Å². The minimum absolute atomic E-state index is 0.632. The number of thioether (sulfide) groups is 1. The van der Waals surface area contributed by atoms with Crippen molar-refractivity contribution in [2.75, 3.05) is 17.7 Å². The van der Waals surface area contributed by atoms with Gasteiger partial charge in [0, 0.05) is 12.2 Å². The van der Waals surface area contributed by atoms with Crippen molar-refractivity contribution in [1.29, 1.82) is 5.26 Å². The maximum absolute atomic E-state index is 9.03. The summed E-state index contributed by atoms with van der Waals surface area (Å²) in [6.45, 7) is 4.93. The van der Waals surface area contributed by atoms with Gasteiger partial charge in [0.15, 0.2) is 0 Å². The molecule has 94 valence electrons. The van der Waals surface area contributed by atoms with Gasteiger partial charge in [-0.3, -0.25) is 0 Å². The van der Waals surface area contributed by atoms with Crippen LogP contribution in [-0.4, -0.2) is 16.6 Å². The molecule has 0 atom stereocenters. The van der Waals surface area contributed by atoms with Crippen LogP contribution in [0.2, 0.25) is 0 Å². The molecule has 1 heterocycles. The van der Waals surface area contributed by atoms with E-state index in [9.17, 15) is 0 Å². The SMILES string of the molecule is CSCCCCCn1c(C)c(C)c(C#N)c1N. The Morgan fingerprint density at radius 2 is 2.00 bits per heavy atom. The number of hydrogen-bond acceptors (Lipinski definition) is 3. The lowest BCUT2D eigenvalue weighted by Gasteiger charge is -2.08. The number of aromatic nitrogens is 1. The Hall–Kier alpha value is -1.08. The van der Waals surface area contributed by atoms with E-state index in [4.69, 9.17) is 11.0 Å². The molecule has 0 saturated carbocycles. The van der Waals surface area contributed by atoms with Crippen LogP contribution in [0.1, 0.15) is 36.1 Å². The first-order valence-electron chi connectivity index (χ1n) is 5.97. The summed E-state index contributed by atoms with van der Waals surface area (Å²) in [5, 5.41) is 9.03. The second-order valence-corrected chi connectivity index (χ2v) is 5.27. The summed E-state index contributed by atoms with van der Waals surface area (Å²) in [6.07, 6.45) is 5.74. The Bertz CT molecular complexity index is 415. The van der Waals surface area contributed by atoms with Gasteiger partial charge >= 0.3 is 0 Å². The molecule has 0 saturated heterocycles. The molecule has 1 rings (SSSR count). The molecule has 0 unspecified atom stereocenters. The van der Waals surface area contributed by atoms with Crippen LogP contribution in [0.4, 0.5) is 5.82 Å². The van der Waals surface area contributed by atoms with E-state index >= 15 is 0 Å². The molecule has 0 aliphatic rings. The number of nitrogens with zero attached hydrogens (tertiary/aromatic N) is 2. The Kier molecular flexibility index (Phi) is 5.43. The third kappa shape index (κ3) is 3.19. The molecular formula is C13H21N3S. The van der Waals surface area contributed by atoms with Crippen molar-refractivity contribution in [3.05, 3.63) is 16.8 Å². The molecule has 0 aliphatic heterocycles. The normalized spacial score (nSPS) is 10.5. The predicted molar refractivity (Wildman–Crippen MR) is 75.3 cm³/mol. The number of hydrogen-bond donors (Lipinski definition) is 1. The first-order valence-corrected chi connectivity index (χ1v) is 7.37. The van der Waals surface area contributed by atoms with Crippen LogP contribution in [0.3, 0.4) is 0 Å². The molecule has 17 heavy (non-hydrogen) atoms. The molecule has 0 aromatic carbocycles. The van der Waals surface area contributed by atoms with E-state index in [1.54, 1.807) is 0 Å². The van der Waals surface area contributed by atoms with Crippen molar-refractivity contribution in [1.82, 2.24) is 4.57 Å². The van der Waals surface area contributed by atoms with Crippen molar-refractivity contribution in [2.45, 2.75) is 39.7 Å². The lowest BCUT2D eigenvalue weighted by atomic mass is 10.2. The van der Waals surface area contributed by atoms with E-state index < -0.39 is 0 Å². The van der Waals surface area contributed by atoms with E-state index in [1.807, 2.05) is 25.6 Å². The van der Waals surface area contributed by atoms with Crippen LogP contribution in [0.15, 0.2) is 0 Å². The largest absolute Gasteiger partial charge is 0.384 e. The number of unbranched alkanes of at least 4 members (excludes halogenated alkanes) is 2. The van der Waals surface area contributed by atoms with Gasteiger partial charge in [0.25, 0.3) is 0 Å². The van der Waals surface area contributed by atoms with Gasteiger partial charge in [0.1, 0.15) is 11.9 Å². The highest BCUT2D eigenvalue weighted by molar-refractivity contribution is 7.98. The maximum Gasteiger partial charge on any atom is 0.122 e. The summed E-state index contributed by atoms with van der Waals surface area (Å²) < 4.78 is 2.08. The van der Waals surface area contributed by atoms with Crippen molar-refractivity contribution in [3.8, 4) is 6.07 Å². The van der Waals surface area contributed by atoms with Gasteiger partial charge in [0.2, 0.25) is 0 Å². The molecular weight excluding hydrogens is 230 g/mol. The Balaban J connectivity index is 2.63. The van der Waals surface area contributed by atoms with Crippen LogP contribution in [0.25, 0.3) is 0 Å². The minimum Gasteiger partial charge on any atom is -0.384 e. The standard InChI is InChI=1S/C13H21N3S/c1-10-11(2)16(13(15)12(10)9-14)7-5-4-6-8-17-3/h4-8,15H2,1-3H3. The van der Waals surface area contributed by atoms with Crippen LogP contribution in [0, 0.1) is 25.2 Å². The van der Waals surface area contributed by atoms with Gasteiger partial charge in [0.05, 0.1) is 5.56 Å². The van der Waals surface area contributed by atoms with E-state index in [1.165, 1.54) is 18.6 Å². The molecule has 3 nitrogen and oxygen atoms in total. The van der Waals surface area contributed by atoms with Crippen LogP contribution in [-0.2, 0) is 6.54 Å². The topological polar surface area (TPSA) is 54.7 Å². The summed E-state index contributed by atoms with van der Waals surface area (Å²) in [5.41, 5.74) is 8.79. The summed E-state index contributed by atoms with van der Waals surface area (Å²) in [7, 11) is 0. The highest BCUT2D eigenvalue weighted by atomic mass is 32.2. The molecule has 4 heteroatoms. The van der Waals surface area contributed by atoms with Crippen LogP contribution >= 0.6 is 11.8 Å². The predicted octanol–water partition coefficient (Wildman–Crippen LogP) is 3.09. The van der Waals surface area contributed by atoms with E-state index in [0.717, 1.165) is 24.2 Å². The summed E-state index contributed by atoms with van der Waals surface area (Å²) >= 11 is 1.89. The lowest BCUT2D eigenvalue weighted by Crippen LogP contribution is -2.05. The minimum atomic E-state index is 0.632. The number of rotatable bonds is 6. The van der Waals surface area contributed by atoms with Crippen molar-refractivity contribution in [3.63, 3.8) is 0 Å². The summed E-state index contributed by atoms with van der Waals surface area (Å²) in [6, 6.07) is 2.19. The third-order valence-electron chi connectivity index (χ3n) is 3.21. The number of anilines is 1. The Labute approximate surface area is 108 Å². The molecule has 0 aliphatic carbocycles. The zero-order valence-corrected chi connectivity index (χ0v) is 11.7. The molecule has 2 N–H and O–H groups in total. The fourth-order valence-corrected chi connectivity index (χ4v) is 2.51. The fourth-order valence-electron chi connectivity index (χ4n) is 2.01. The average Bonchev–Trinajstić information content (AvgIpc) is 2.52. The maximum atomic E-state index is 9.03. The first kappa shape index (κ1) is 14.0. The number of nitriles is 1. The smallest absolute Gasteiger partial charge is 0.122 e. The van der Waals surface area contributed by atoms with Gasteiger partial charge in [-0.1, -0.05) is 6.42 Å². The van der Waals surface area contributed by atoms with Gasteiger partial charge < -0.3 is 10.3 Å². The third-order valence-corrected chi connectivity index (χ3v) is 3.91. The summed E-state index contributed by atoms with van der Waals surface area (Å²) in [5.74, 6) is 1.86. The van der Waals surface area contributed by atoms with Crippen molar-refractivity contribution in [2.24, 2.45) is 0 Å². The monoisotopic (exact) mass is 251 g/mol. The molecule has 1 aromatic heterocycles. The first-order chi connectivity index (χ1) is 8.13. The molecule has 1 aromatic rings. The van der Waals surface area contributed by atoms with Gasteiger partial charge in [-0.2, -0.15) is 17.0 Å². The highest BCUT2D eigenvalue weighted by Crippen LogP contribution is 2.23. The van der Waals surface area contributed by atoms with E-state index in [0.29, 0.717) is 11.4 Å². The van der Waals surface area contributed by atoms with Gasteiger partial charge in [-0.15, -0.1) is 0 Å². The Morgan fingerprint density at radius 3 is 2.53 bits per heavy atom. The molecule has 0 amide bonds. The van der Waals surface area contributed by atoms with Crippen LogP contribution in [0.5, 0.6) is 0 Å². The Morgan fingerprint density at radius 1 is 1.29 bits per heavy atom. The fraction of sp³-hybridized carbons (Fsp3) is 0.615. The highest BCUT2D eigenvalue weighted by Gasteiger charge is 2.14. The second-order valence-electron chi connectivity index (χ2n) is 4.29. The van der Waals surface area contributed by atoms with E-state index in [-0.39, 0.29) is 0 Å². The summed E-state index contributed by atoms with van der Waals surface area (Å²) in [4.78, 5) is 0. The molecule has 0 bridgehead atoms. The zero-order chi connectivity index (χ0) is 12.8. The van der Waals surface area contributed by atoms with E-state index in [2.05, 4.69) is 16.9 Å². The zero-order valence-electron chi connectivity index (χ0n) is 10.9. The second kappa shape index (κ2) is 6.61.